The highest BCUT2D eigenvalue weighted by Gasteiger charge is 2.27. The summed E-state index contributed by atoms with van der Waals surface area (Å²) in [5.41, 5.74) is 2.73. The second kappa shape index (κ2) is 8.89. The molecular weight excluding hydrogens is 384 g/mol. The van der Waals surface area contributed by atoms with E-state index in [-0.39, 0.29) is 5.92 Å². The molecule has 1 atom stereocenters. The summed E-state index contributed by atoms with van der Waals surface area (Å²) in [5.74, 6) is 1.84. The second-order valence-electron chi connectivity index (χ2n) is 7.43. The van der Waals surface area contributed by atoms with Gasteiger partial charge < -0.3 is 10.0 Å². The summed E-state index contributed by atoms with van der Waals surface area (Å²) in [6, 6.07) is 15.4. The van der Waals surface area contributed by atoms with Crippen LogP contribution in [0.25, 0.3) is 11.5 Å². The molecule has 1 saturated heterocycles. The predicted molar refractivity (Wildman–Crippen MR) is 116 cm³/mol. The number of aryl methyl sites for hydroxylation is 1. The van der Waals surface area contributed by atoms with Gasteiger partial charge in [-0.25, -0.2) is 9.97 Å². The van der Waals surface area contributed by atoms with Crippen molar-refractivity contribution < 1.29 is 5.11 Å². The third-order valence-corrected chi connectivity index (χ3v) is 5.80. The van der Waals surface area contributed by atoms with Gasteiger partial charge in [-0.1, -0.05) is 36.7 Å². The van der Waals surface area contributed by atoms with Crippen LogP contribution in [0.4, 0.5) is 5.82 Å². The van der Waals surface area contributed by atoms with Crippen LogP contribution < -0.4 is 4.90 Å². The maximum absolute atomic E-state index is 10.8. The van der Waals surface area contributed by atoms with E-state index in [0.29, 0.717) is 10.8 Å². The number of nitrogens with zero attached hydrogens (tertiary/aromatic N) is 4. The molecule has 0 saturated carbocycles. The minimum absolute atomic E-state index is 0.232. The van der Waals surface area contributed by atoms with Crippen molar-refractivity contribution in [2.75, 3.05) is 18.0 Å². The summed E-state index contributed by atoms with van der Waals surface area (Å²) >= 11 is 5.97. The van der Waals surface area contributed by atoms with Crippen molar-refractivity contribution in [1.82, 2.24) is 15.0 Å². The van der Waals surface area contributed by atoms with Gasteiger partial charge in [-0.05, 0) is 55.0 Å². The van der Waals surface area contributed by atoms with Gasteiger partial charge in [0.15, 0.2) is 5.82 Å². The smallest absolute Gasteiger partial charge is 0.180 e. The first-order valence-corrected chi connectivity index (χ1v) is 10.5. The number of rotatable bonds is 5. The lowest BCUT2D eigenvalue weighted by Gasteiger charge is -2.35. The topological polar surface area (TPSA) is 62.1 Å². The molecule has 1 aromatic carbocycles. The zero-order chi connectivity index (χ0) is 20.2. The van der Waals surface area contributed by atoms with E-state index in [4.69, 9.17) is 16.6 Å². The predicted octanol–water partition coefficient (Wildman–Crippen LogP) is 4.70. The van der Waals surface area contributed by atoms with Crippen molar-refractivity contribution >= 4 is 17.4 Å². The number of piperidine rings is 1. The molecule has 0 aliphatic carbocycles. The third-order valence-electron chi connectivity index (χ3n) is 5.54. The molecule has 0 amide bonds. The molecule has 29 heavy (non-hydrogen) atoms. The van der Waals surface area contributed by atoms with Gasteiger partial charge >= 0.3 is 0 Å². The van der Waals surface area contributed by atoms with Crippen LogP contribution in [0, 0.1) is 5.92 Å². The zero-order valence-corrected chi connectivity index (χ0v) is 17.3. The molecule has 0 spiro atoms. The van der Waals surface area contributed by atoms with Crippen LogP contribution >= 0.6 is 11.6 Å². The first-order valence-electron chi connectivity index (χ1n) is 10.1. The summed E-state index contributed by atoms with van der Waals surface area (Å²) in [7, 11) is 0. The van der Waals surface area contributed by atoms with Crippen molar-refractivity contribution in [3.05, 3.63) is 71.0 Å². The molecule has 0 radical (unpaired) electrons. The number of aromatic nitrogens is 3. The lowest BCUT2D eigenvalue weighted by molar-refractivity contribution is 0.0929. The van der Waals surface area contributed by atoms with Gasteiger partial charge in [0.1, 0.15) is 11.5 Å². The van der Waals surface area contributed by atoms with Crippen LogP contribution in [0.2, 0.25) is 5.02 Å². The number of hydrogen-bond donors (Lipinski definition) is 1. The molecule has 1 aliphatic heterocycles. The SMILES string of the molecule is CCc1cc(N2CCC(C(O)c3ccc(Cl)cc3)CC2)nc(-c2ccccn2)n1. The van der Waals surface area contributed by atoms with Crippen LogP contribution in [0.3, 0.4) is 0 Å². The van der Waals surface area contributed by atoms with E-state index in [1.54, 1.807) is 6.20 Å². The molecule has 3 heterocycles. The Balaban J connectivity index is 1.49. The summed E-state index contributed by atoms with van der Waals surface area (Å²) in [6.45, 7) is 3.82. The van der Waals surface area contributed by atoms with Gasteiger partial charge in [0.2, 0.25) is 0 Å². The number of pyridine rings is 1. The second-order valence-corrected chi connectivity index (χ2v) is 7.87. The van der Waals surface area contributed by atoms with Crippen molar-refractivity contribution in [3.63, 3.8) is 0 Å². The van der Waals surface area contributed by atoms with Crippen LogP contribution in [0.15, 0.2) is 54.7 Å². The molecule has 4 rings (SSSR count). The highest BCUT2D eigenvalue weighted by Crippen LogP contribution is 2.33. The normalized spacial score (nSPS) is 16.0. The molecule has 3 aromatic rings. The fourth-order valence-corrected chi connectivity index (χ4v) is 3.94. The van der Waals surface area contributed by atoms with E-state index in [2.05, 4.69) is 27.9 Å². The Labute approximate surface area is 176 Å². The Bertz CT molecular complexity index is 941. The minimum Gasteiger partial charge on any atom is -0.388 e. The highest BCUT2D eigenvalue weighted by molar-refractivity contribution is 6.30. The average molecular weight is 409 g/mol. The van der Waals surface area contributed by atoms with E-state index < -0.39 is 6.10 Å². The fourth-order valence-electron chi connectivity index (χ4n) is 3.81. The van der Waals surface area contributed by atoms with Gasteiger partial charge in [-0.2, -0.15) is 0 Å². The lowest BCUT2D eigenvalue weighted by atomic mass is 9.87. The summed E-state index contributed by atoms with van der Waals surface area (Å²) in [5, 5.41) is 11.5. The van der Waals surface area contributed by atoms with E-state index >= 15 is 0 Å². The zero-order valence-electron chi connectivity index (χ0n) is 16.5. The number of anilines is 1. The highest BCUT2D eigenvalue weighted by atomic mass is 35.5. The first-order chi connectivity index (χ1) is 14.1. The van der Waals surface area contributed by atoms with Crippen LogP contribution in [0.5, 0.6) is 0 Å². The van der Waals surface area contributed by atoms with Crippen LogP contribution in [0.1, 0.15) is 37.1 Å². The molecular formula is C23H25ClN4O. The van der Waals surface area contributed by atoms with E-state index in [0.717, 1.165) is 55.1 Å². The molecule has 1 fully saturated rings. The maximum Gasteiger partial charge on any atom is 0.180 e. The Morgan fingerprint density at radius 3 is 2.52 bits per heavy atom. The van der Waals surface area contributed by atoms with Crippen molar-refractivity contribution in [2.45, 2.75) is 32.3 Å². The van der Waals surface area contributed by atoms with Gasteiger partial charge in [-0.3, -0.25) is 4.98 Å². The molecule has 150 valence electrons. The lowest BCUT2D eigenvalue weighted by Crippen LogP contribution is -2.36. The van der Waals surface area contributed by atoms with Gasteiger partial charge in [0.05, 0.1) is 6.10 Å². The van der Waals surface area contributed by atoms with E-state index in [1.165, 1.54) is 0 Å². The Kier molecular flexibility index (Phi) is 6.07. The van der Waals surface area contributed by atoms with Crippen molar-refractivity contribution in [3.8, 4) is 11.5 Å². The quantitative estimate of drug-likeness (QED) is 0.662. The fraction of sp³-hybridized carbons (Fsp3) is 0.348. The molecule has 1 aliphatic rings. The largest absolute Gasteiger partial charge is 0.388 e. The van der Waals surface area contributed by atoms with Gasteiger partial charge in [0, 0.05) is 36.1 Å². The molecule has 2 aromatic heterocycles. The number of halogens is 1. The average Bonchev–Trinajstić information content (AvgIpc) is 2.79. The standard InChI is InChI=1S/C23H25ClN4O/c1-2-19-15-21(27-23(26-19)20-5-3-4-12-25-20)28-13-10-17(11-14-28)22(29)16-6-8-18(24)9-7-16/h3-9,12,15,17,22,29H,2,10-11,13-14H2,1H3. The number of aliphatic hydroxyl groups excluding tert-OH is 1. The first kappa shape index (κ1) is 19.8. The van der Waals surface area contributed by atoms with E-state index in [1.807, 2.05) is 42.5 Å². The molecule has 5 nitrogen and oxygen atoms in total. The van der Waals surface area contributed by atoms with Gasteiger partial charge in [0.25, 0.3) is 0 Å². The Hall–Kier alpha value is -2.50. The molecule has 1 N–H and O–H groups in total. The van der Waals surface area contributed by atoms with Gasteiger partial charge in [-0.15, -0.1) is 0 Å². The van der Waals surface area contributed by atoms with Crippen LogP contribution in [-0.2, 0) is 6.42 Å². The number of benzene rings is 1. The number of hydrogen-bond acceptors (Lipinski definition) is 5. The van der Waals surface area contributed by atoms with E-state index in [9.17, 15) is 5.11 Å². The van der Waals surface area contributed by atoms with Crippen molar-refractivity contribution in [1.29, 1.82) is 0 Å². The summed E-state index contributed by atoms with van der Waals surface area (Å²) in [4.78, 5) is 16.1. The molecule has 0 bridgehead atoms. The minimum atomic E-state index is -0.463. The Morgan fingerprint density at radius 2 is 1.86 bits per heavy atom. The third kappa shape index (κ3) is 4.57. The van der Waals surface area contributed by atoms with Crippen LogP contribution in [-0.4, -0.2) is 33.1 Å². The number of aliphatic hydroxyl groups is 1. The Morgan fingerprint density at radius 1 is 1.10 bits per heavy atom. The summed E-state index contributed by atoms with van der Waals surface area (Å²) < 4.78 is 0. The summed E-state index contributed by atoms with van der Waals surface area (Å²) in [6.07, 6.45) is 3.97. The maximum atomic E-state index is 10.8. The monoisotopic (exact) mass is 408 g/mol. The van der Waals surface area contributed by atoms with Crippen molar-refractivity contribution in [2.24, 2.45) is 5.92 Å². The molecule has 1 unspecified atom stereocenters. The molecule has 6 heteroatoms.